The molecule has 0 radical (unpaired) electrons. The zero-order valence-corrected chi connectivity index (χ0v) is 18.7. The lowest BCUT2D eigenvalue weighted by Crippen LogP contribution is -2.02. The molecule has 0 atom stereocenters. The van der Waals surface area contributed by atoms with Crippen LogP contribution < -0.4 is 4.74 Å². The van der Waals surface area contributed by atoms with Crippen molar-refractivity contribution in [3.05, 3.63) is 105 Å². The van der Waals surface area contributed by atoms with Gasteiger partial charge in [-0.15, -0.1) is 0 Å². The maximum Gasteiger partial charge on any atom is 0.208 e. The molecular formula is C27H18ClF2N3O. The number of fused-ring (bicyclic) bond motifs is 3. The summed E-state index contributed by atoms with van der Waals surface area (Å²) in [6, 6.07) is 14.9. The highest BCUT2D eigenvalue weighted by Gasteiger charge is 2.31. The van der Waals surface area contributed by atoms with E-state index in [0.717, 1.165) is 41.0 Å². The molecule has 2 aliphatic rings. The number of allylic oxidation sites excluding steroid dienone is 1. The third-order valence-electron chi connectivity index (χ3n) is 6.42. The van der Waals surface area contributed by atoms with E-state index in [1.54, 1.807) is 6.07 Å². The molecule has 2 aromatic heterocycles. The number of hydrogen-bond acceptors (Lipinski definition) is 3. The van der Waals surface area contributed by atoms with Gasteiger partial charge in [0.2, 0.25) is 5.83 Å². The molecule has 0 bridgehead atoms. The minimum Gasteiger partial charge on any atom is -0.488 e. The molecule has 0 N–H and O–H groups in total. The third-order valence-corrected chi connectivity index (χ3v) is 6.72. The summed E-state index contributed by atoms with van der Waals surface area (Å²) < 4.78 is 36.5. The standard InChI is InChI=1S/C27H18ClF2N3O/c28-21-2-1-9-33-23(26(16-4-5-16)32-27(21)33)11-15-3-7-19-17(10-15)14-34-24-12-18(29)6-8-20(24)25(19)22(30)13-31/h1-3,6-10,12,16H,4-5,11,14H2/b25-22-. The first-order chi connectivity index (χ1) is 16.5. The maximum atomic E-state index is 14.8. The van der Waals surface area contributed by atoms with E-state index in [0.29, 0.717) is 28.5 Å². The van der Waals surface area contributed by atoms with E-state index >= 15 is 0 Å². The van der Waals surface area contributed by atoms with E-state index in [1.807, 2.05) is 40.9 Å². The highest BCUT2D eigenvalue weighted by Crippen LogP contribution is 2.43. The summed E-state index contributed by atoms with van der Waals surface area (Å²) in [5, 5.41) is 9.91. The fraction of sp³-hybridized carbons (Fsp3) is 0.185. The Morgan fingerprint density at radius 3 is 2.79 bits per heavy atom. The van der Waals surface area contributed by atoms with Crippen LogP contribution >= 0.6 is 11.6 Å². The SMILES string of the molecule is N#C/C(F)=C1\c2ccc(Cc3c(C4CC4)nc4c(Cl)cccn34)cc2COc2cc(F)ccc21. The van der Waals surface area contributed by atoms with Crippen molar-refractivity contribution in [1.82, 2.24) is 9.38 Å². The Morgan fingerprint density at radius 1 is 1.18 bits per heavy atom. The molecule has 0 saturated heterocycles. The number of benzene rings is 2. The summed E-state index contributed by atoms with van der Waals surface area (Å²) in [5.74, 6) is -0.759. The molecule has 0 amide bonds. The Balaban J connectivity index is 1.45. The number of hydrogen-bond donors (Lipinski definition) is 0. The van der Waals surface area contributed by atoms with Crippen molar-refractivity contribution in [2.45, 2.75) is 31.8 Å². The molecule has 6 rings (SSSR count). The molecule has 4 aromatic rings. The van der Waals surface area contributed by atoms with Gasteiger partial charge >= 0.3 is 0 Å². The van der Waals surface area contributed by atoms with Crippen LogP contribution in [-0.2, 0) is 13.0 Å². The molecule has 1 aliphatic heterocycles. The van der Waals surface area contributed by atoms with Gasteiger partial charge in [-0.05, 0) is 53.8 Å². The van der Waals surface area contributed by atoms with Gasteiger partial charge in [-0.25, -0.2) is 9.37 Å². The number of halogens is 3. The van der Waals surface area contributed by atoms with E-state index in [1.165, 1.54) is 18.2 Å². The zero-order chi connectivity index (χ0) is 23.4. The molecule has 1 saturated carbocycles. The van der Waals surface area contributed by atoms with Crippen LogP contribution in [0.25, 0.3) is 11.2 Å². The first-order valence-corrected chi connectivity index (χ1v) is 11.4. The zero-order valence-electron chi connectivity index (χ0n) is 18.0. The topological polar surface area (TPSA) is 50.3 Å². The lowest BCUT2D eigenvalue weighted by molar-refractivity contribution is 0.305. The van der Waals surface area contributed by atoms with Gasteiger partial charge in [-0.3, -0.25) is 0 Å². The number of pyridine rings is 1. The van der Waals surface area contributed by atoms with Crippen molar-refractivity contribution >= 4 is 22.8 Å². The van der Waals surface area contributed by atoms with Gasteiger partial charge in [-0.2, -0.15) is 9.65 Å². The highest BCUT2D eigenvalue weighted by molar-refractivity contribution is 6.33. The molecule has 0 unspecified atom stereocenters. The summed E-state index contributed by atoms with van der Waals surface area (Å²) in [6.45, 7) is 0.135. The molecule has 34 heavy (non-hydrogen) atoms. The number of ether oxygens (including phenoxy) is 1. The van der Waals surface area contributed by atoms with Gasteiger partial charge in [0.25, 0.3) is 0 Å². The smallest absolute Gasteiger partial charge is 0.208 e. The van der Waals surface area contributed by atoms with Gasteiger partial charge in [0.15, 0.2) is 5.65 Å². The van der Waals surface area contributed by atoms with Crippen molar-refractivity contribution in [3.63, 3.8) is 0 Å². The van der Waals surface area contributed by atoms with Crippen molar-refractivity contribution in [1.29, 1.82) is 5.26 Å². The van der Waals surface area contributed by atoms with E-state index in [4.69, 9.17) is 21.3 Å². The molecule has 7 heteroatoms. The van der Waals surface area contributed by atoms with E-state index < -0.39 is 11.6 Å². The number of nitriles is 1. The van der Waals surface area contributed by atoms with E-state index in [2.05, 4.69) is 0 Å². The van der Waals surface area contributed by atoms with Crippen molar-refractivity contribution in [3.8, 4) is 11.8 Å². The quantitative estimate of drug-likeness (QED) is 0.309. The van der Waals surface area contributed by atoms with Crippen LogP contribution in [0.15, 0.2) is 60.6 Å². The summed E-state index contributed by atoms with van der Waals surface area (Å²) >= 11 is 6.40. The first-order valence-electron chi connectivity index (χ1n) is 11.0. The summed E-state index contributed by atoms with van der Waals surface area (Å²) in [6.07, 6.45) is 4.81. The van der Waals surface area contributed by atoms with Gasteiger partial charge in [0.05, 0.1) is 16.4 Å². The van der Waals surface area contributed by atoms with Gasteiger partial charge in [0, 0.05) is 35.7 Å². The number of aromatic nitrogens is 2. The molecule has 2 aromatic carbocycles. The number of imidazole rings is 1. The third kappa shape index (κ3) is 3.44. The Morgan fingerprint density at radius 2 is 2.00 bits per heavy atom. The first kappa shape index (κ1) is 20.9. The fourth-order valence-electron chi connectivity index (χ4n) is 4.69. The Hall–Kier alpha value is -3.69. The lowest BCUT2D eigenvalue weighted by atomic mass is 9.91. The number of rotatable bonds is 3. The number of nitrogens with zero attached hydrogens (tertiary/aromatic N) is 3. The maximum absolute atomic E-state index is 14.8. The minimum absolute atomic E-state index is 0.122. The van der Waals surface area contributed by atoms with Crippen LogP contribution in [0.2, 0.25) is 5.02 Å². The molecular weight excluding hydrogens is 456 g/mol. The van der Waals surface area contributed by atoms with Crippen LogP contribution in [0.1, 0.15) is 52.4 Å². The van der Waals surface area contributed by atoms with Gasteiger partial charge < -0.3 is 9.14 Å². The average molecular weight is 474 g/mol. The monoisotopic (exact) mass is 473 g/mol. The molecule has 1 fully saturated rings. The average Bonchev–Trinajstić information content (AvgIpc) is 3.63. The largest absolute Gasteiger partial charge is 0.488 e. The van der Waals surface area contributed by atoms with Crippen LogP contribution in [0.4, 0.5) is 8.78 Å². The van der Waals surface area contributed by atoms with Crippen LogP contribution in [0.5, 0.6) is 5.75 Å². The van der Waals surface area contributed by atoms with Crippen molar-refractivity contribution in [2.75, 3.05) is 0 Å². The summed E-state index contributed by atoms with van der Waals surface area (Å²) in [7, 11) is 0. The fourth-order valence-corrected chi connectivity index (χ4v) is 4.90. The van der Waals surface area contributed by atoms with Crippen LogP contribution in [0.3, 0.4) is 0 Å². The molecule has 3 heterocycles. The second kappa shape index (κ2) is 7.96. The highest BCUT2D eigenvalue weighted by atomic mass is 35.5. The van der Waals surface area contributed by atoms with Crippen molar-refractivity contribution < 1.29 is 13.5 Å². The molecule has 4 nitrogen and oxygen atoms in total. The predicted molar refractivity (Wildman–Crippen MR) is 125 cm³/mol. The van der Waals surface area contributed by atoms with E-state index in [9.17, 15) is 14.0 Å². The molecule has 1 aliphatic carbocycles. The van der Waals surface area contributed by atoms with Gasteiger partial charge in [-0.1, -0.05) is 29.8 Å². The minimum atomic E-state index is -0.931. The van der Waals surface area contributed by atoms with Gasteiger partial charge in [0.1, 0.15) is 24.2 Å². The Bertz CT molecular complexity index is 1550. The van der Waals surface area contributed by atoms with Crippen LogP contribution in [-0.4, -0.2) is 9.38 Å². The lowest BCUT2D eigenvalue weighted by Gasteiger charge is -2.12. The predicted octanol–water partition coefficient (Wildman–Crippen LogP) is 6.74. The second-order valence-corrected chi connectivity index (χ2v) is 9.07. The van der Waals surface area contributed by atoms with Crippen molar-refractivity contribution in [2.24, 2.45) is 0 Å². The molecule has 0 spiro atoms. The molecule has 168 valence electrons. The summed E-state index contributed by atoms with van der Waals surface area (Å²) in [4.78, 5) is 4.83. The Kier molecular flexibility index (Phi) is 4.89. The summed E-state index contributed by atoms with van der Waals surface area (Å²) in [5.41, 5.74) is 5.68. The van der Waals surface area contributed by atoms with E-state index in [-0.39, 0.29) is 17.9 Å². The normalized spacial score (nSPS) is 16.3. The van der Waals surface area contributed by atoms with Crippen LogP contribution in [0, 0.1) is 17.1 Å². The second-order valence-electron chi connectivity index (χ2n) is 8.67. The Labute approximate surface area is 199 Å².